The van der Waals surface area contributed by atoms with Crippen molar-refractivity contribution in [1.29, 1.82) is 0 Å². The molecular weight excluding hydrogens is 222 g/mol. The maximum atomic E-state index is 11.9. The Kier molecular flexibility index (Phi) is 2.65. The predicted octanol–water partition coefficient (Wildman–Crippen LogP) is 1.41. The van der Waals surface area contributed by atoms with Gasteiger partial charge in [-0.1, -0.05) is 0 Å². The first-order valence-corrected chi connectivity index (χ1v) is 6.70. The number of carbonyl (C=O) groups excluding carboxylic acids is 1. The first kappa shape index (κ1) is 10.2. The standard InChI is InChI=1S/C11H15N3OS/c15-11(14-5-2-6-14)9-7-16-10(13-9)8-3-1-4-12-8/h7-8,12H,1-6H2. The molecule has 3 heterocycles. The van der Waals surface area contributed by atoms with Gasteiger partial charge in [-0.25, -0.2) is 4.98 Å². The van der Waals surface area contributed by atoms with Crippen LogP contribution in [0.15, 0.2) is 5.38 Å². The fourth-order valence-electron chi connectivity index (χ4n) is 2.12. The van der Waals surface area contributed by atoms with Gasteiger partial charge in [0.15, 0.2) is 0 Å². The molecule has 1 aromatic rings. The maximum absolute atomic E-state index is 11.9. The Morgan fingerprint density at radius 1 is 1.50 bits per heavy atom. The lowest BCUT2D eigenvalue weighted by Crippen LogP contribution is -2.42. The van der Waals surface area contributed by atoms with E-state index in [1.807, 2.05) is 10.3 Å². The van der Waals surface area contributed by atoms with E-state index in [9.17, 15) is 4.79 Å². The third-order valence-electron chi connectivity index (χ3n) is 3.24. The summed E-state index contributed by atoms with van der Waals surface area (Å²) in [5.41, 5.74) is 0.633. The molecule has 0 aromatic carbocycles. The molecule has 2 aliphatic heterocycles. The summed E-state index contributed by atoms with van der Waals surface area (Å²) in [7, 11) is 0. The smallest absolute Gasteiger partial charge is 0.273 e. The zero-order chi connectivity index (χ0) is 11.0. The van der Waals surface area contributed by atoms with Gasteiger partial charge in [0.05, 0.1) is 6.04 Å². The van der Waals surface area contributed by atoms with Gasteiger partial charge >= 0.3 is 0 Å². The van der Waals surface area contributed by atoms with Crippen LogP contribution >= 0.6 is 11.3 Å². The average Bonchev–Trinajstić information content (AvgIpc) is 2.86. The fraction of sp³-hybridized carbons (Fsp3) is 0.636. The number of likely N-dealkylation sites (tertiary alicyclic amines) is 1. The molecule has 0 aliphatic carbocycles. The molecule has 4 nitrogen and oxygen atoms in total. The Morgan fingerprint density at radius 2 is 2.38 bits per heavy atom. The van der Waals surface area contributed by atoms with Crippen LogP contribution in [0, 0.1) is 0 Å². The SMILES string of the molecule is O=C(c1csc(C2CCCN2)n1)N1CCC1. The van der Waals surface area contributed by atoms with Gasteiger partial charge in [-0.15, -0.1) is 11.3 Å². The van der Waals surface area contributed by atoms with E-state index in [4.69, 9.17) is 0 Å². The summed E-state index contributed by atoms with van der Waals surface area (Å²) in [5, 5.41) is 6.37. The Morgan fingerprint density at radius 3 is 3.00 bits per heavy atom. The zero-order valence-electron chi connectivity index (χ0n) is 9.11. The molecule has 0 saturated carbocycles. The minimum absolute atomic E-state index is 0.103. The topological polar surface area (TPSA) is 45.2 Å². The number of aromatic nitrogens is 1. The molecule has 86 valence electrons. The average molecular weight is 237 g/mol. The predicted molar refractivity (Wildman–Crippen MR) is 62.6 cm³/mol. The van der Waals surface area contributed by atoms with Crippen molar-refractivity contribution < 1.29 is 4.79 Å². The number of nitrogens with one attached hydrogen (secondary N) is 1. The molecule has 0 bridgehead atoms. The van der Waals surface area contributed by atoms with Gasteiger partial charge in [-0.2, -0.15) is 0 Å². The second kappa shape index (κ2) is 4.14. The van der Waals surface area contributed by atoms with E-state index in [2.05, 4.69) is 10.3 Å². The molecule has 2 aliphatic rings. The van der Waals surface area contributed by atoms with Crippen LogP contribution in [0.2, 0.25) is 0 Å². The first-order chi connectivity index (χ1) is 7.84. The second-order valence-corrected chi connectivity index (χ2v) is 5.26. The summed E-state index contributed by atoms with van der Waals surface area (Å²) in [6.07, 6.45) is 3.48. The molecule has 0 radical (unpaired) electrons. The lowest BCUT2D eigenvalue weighted by Gasteiger charge is -2.30. The normalized spacial score (nSPS) is 24.5. The van der Waals surface area contributed by atoms with Crippen molar-refractivity contribution in [3.63, 3.8) is 0 Å². The molecule has 1 atom stereocenters. The summed E-state index contributed by atoms with van der Waals surface area (Å²) >= 11 is 1.61. The highest BCUT2D eigenvalue weighted by atomic mass is 32.1. The zero-order valence-corrected chi connectivity index (χ0v) is 9.92. The van der Waals surface area contributed by atoms with Crippen molar-refractivity contribution in [2.45, 2.75) is 25.3 Å². The van der Waals surface area contributed by atoms with Crippen molar-refractivity contribution in [1.82, 2.24) is 15.2 Å². The summed E-state index contributed by atoms with van der Waals surface area (Å²) in [6, 6.07) is 0.378. The number of thiazole rings is 1. The number of hydrogen-bond acceptors (Lipinski definition) is 4. The van der Waals surface area contributed by atoms with Crippen LogP contribution in [0.5, 0.6) is 0 Å². The van der Waals surface area contributed by atoms with Gasteiger partial charge in [0.1, 0.15) is 10.7 Å². The van der Waals surface area contributed by atoms with Crippen LogP contribution in [0.1, 0.15) is 40.8 Å². The maximum Gasteiger partial charge on any atom is 0.273 e. The second-order valence-electron chi connectivity index (χ2n) is 4.37. The van der Waals surface area contributed by atoms with Gasteiger partial charge in [-0.05, 0) is 25.8 Å². The number of carbonyl (C=O) groups is 1. The number of amides is 1. The van der Waals surface area contributed by atoms with Gasteiger partial charge < -0.3 is 10.2 Å². The Labute approximate surface area is 98.7 Å². The van der Waals surface area contributed by atoms with Crippen LogP contribution in [0.3, 0.4) is 0 Å². The molecular formula is C11H15N3OS. The van der Waals surface area contributed by atoms with Crippen molar-refractivity contribution >= 4 is 17.2 Å². The van der Waals surface area contributed by atoms with E-state index in [0.29, 0.717) is 11.7 Å². The highest BCUT2D eigenvalue weighted by Gasteiger charge is 2.25. The van der Waals surface area contributed by atoms with Crippen molar-refractivity contribution in [2.75, 3.05) is 19.6 Å². The Hall–Kier alpha value is -0.940. The number of hydrogen-bond donors (Lipinski definition) is 1. The minimum atomic E-state index is 0.103. The summed E-state index contributed by atoms with van der Waals surface area (Å²) < 4.78 is 0. The summed E-state index contributed by atoms with van der Waals surface area (Å²) in [5.74, 6) is 0.103. The molecule has 2 saturated heterocycles. The molecule has 1 N–H and O–H groups in total. The number of nitrogens with zero attached hydrogens (tertiary/aromatic N) is 2. The molecule has 5 heteroatoms. The molecule has 16 heavy (non-hydrogen) atoms. The molecule has 3 rings (SSSR count). The van der Waals surface area contributed by atoms with E-state index in [1.165, 1.54) is 6.42 Å². The third kappa shape index (κ3) is 1.74. The van der Waals surface area contributed by atoms with Crippen LogP contribution < -0.4 is 5.32 Å². The fourth-order valence-corrected chi connectivity index (χ4v) is 3.02. The quantitative estimate of drug-likeness (QED) is 0.846. The monoisotopic (exact) mass is 237 g/mol. The largest absolute Gasteiger partial charge is 0.337 e. The minimum Gasteiger partial charge on any atom is -0.337 e. The van der Waals surface area contributed by atoms with E-state index in [0.717, 1.165) is 37.5 Å². The van der Waals surface area contributed by atoms with Crippen LogP contribution in [-0.4, -0.2) is 35.4 Å². The van der Waals surface area contributed by atoms with E-state index < -0.39 is 0 Å². The van der Waals surface area contributed by atoms with Crippen LogP contribution in [0.4, 0.5) is 0 Å². The molecule has 0 spiro atoms. The van der Waals surface area contributed by atoms with Crippen LogP contribution in [0.25, 0.3) is 0 Å². The molecule has 1 unspecified atom stereocenters. The molecule has 2 fully saturated rings. The molecule has 1 aromatic heterocycles. The highest BCUT2D eigenvalue weighted by Crippen LogP contribution is 2.26. The van der Waals surface area contributed by atoms with Gasteiger partial charge in [0.2, 0.25) is 0 Å². The third-order valence-corrected chi connectivity index (χ3v) is 4.20. The lowest BCUT2D eigenvalue weighted by atomic mass is 10.2. The first-order valence-electron chi connectivity index (χ1n) is 5.83. The highest BCUT2D eigenvalue weighted by molar-refractivity contribution is 7.09. The lowest BCUT2D eigenvalue weighted by molar-refractivity contribution is 0.0646. The van der Waals surface area contributed by atoms with Gasteiger partial charge in [-0.3, -0.25) is 4.79 Å². The summed E-state index contributed by atoms with van der Waals surface area (Å²) in [6.45, 7) is 2.86. The Balaban J connectivity index is 1.73. The van der Waals surface area contributed by atoms with E-state index >= 15 is 0 Å². The number of rotatable bonds is 2. The van der Waals surface area contributed by atoms with Crippen molar-refractivity contribution in [3.8, 4) is 0 Å². The molecule has 1 amide bonds. The van der Waals surface area contributed by atoms with E-state index in [1.54, 1.807) is 11.3 Å². The van der Waals surface area contributed by atoms with Gasteiger partial charge in [0, 0.05) is 18.5 Å². The van der Waals surface area contributed by atoms with Crippen molar-refractivity contribution in [2.24, 2.45) is 0 Å². The van der Waals surface area contributed by atoms with Gasteiger partial charge in [0.25, 0.3) is 5.91 Å². The van der Waals surface area contributed by atoms with E-state index in [-0.39, 0.29) is 5.91 Å². The Bertz CT molecular complexity index is 394. The van der Waals surface area contributed by atoms with Crippen molar-refractivity contribution in [3.05, 3.63) is 16.1 Å². The van der Waals surface area contributed by atoms with Crippen LogP contribution in [-0.2, 0) is 0 Å². The summed E-state index contributed by atoms with van der Waals surface area (Å²) in [4.78, 5) is 18.2.